The Morgan fingerprint density at radius 3 is 2.52 bits per heavy atom. The fraction of sp³-hybridized carbons (Fsp3) is 0.300. The fourth-order valence-corrected chi connectivity index (χ4v) is 3.59. The topological polar surface area (TPSA) is 73.0 Å². The van der Waals surface area contributed by atoms with Crippen molar-refractivity contribution in [3.63, 3.8) is 0 Å². The summed E-state index contributed by atoms with van der Waals surface area (Å²) in [6, 6.07) is 12.2. The average molecular weight is 385 g/mol. The van der Waals surface area contributed by atoms with E-state index in [1.54, 1.807) is 16.6 Å². The second kappa shape index (κ2) is 7.52. The van der Waals surface area contributed by atoms with Gasteiger partial charge in [-0.25, -0.2) is 4.52 Å². The first kappa shape index (κ1) is 19.1. The third-order valence-corrected chi connectivity index (χ3v) is 5.41. The number of hydrogen-bond acceptors (Lipinski definition) is 5. The second-order valence-corrected chi connectivity index (χ2v) is 8.21. The van der Waals surface area contributed by atoms with Crippen molar-refractivity contribution in [3.8, 4) is 0 Å². The van der Waals surface area contributed by atoms with Crippen LogP contribution in [0.4, 0.5) is 0 Å². The minimum Gasteiger partial charge on any atom is -0.264 e. The van der Waals surface area contributed by atoms with Gasteiger partial charge in [0.15, 0.2) is 0 Å². The molecule has 0 aliphatic carbocycles. The molecule has 7 heteroatoms. The highest BCUT2D eigenvalue weighted by Gasteiger charge is 2.21. The van der Waals surface area contributed by atoms with Crippen LogP contribution in [0.15, 0.2) is 58.7 Å². The van der Waals surface area contributed by atoms with Crippen LogP contribution in [0.5, 0.6) is 0 Å². The lowest BCUT2D eigenvalue weighted by Crippen LogP contribution is -2.08. The third-order valence-electron chi connectivity index (χ3n) is 4.29. The third kappa shape index (κ3) is 3.88. The van der Waals surface area contributed by atoms with Crippen molar-refractivity contribution in [2.45, 2.75) is 44.9 Å². The van der Waals surface area contributed by atoms with Crippen LogP contribution in [0.25, 0.3) is 5.52 Å². The highest BCUT2D eigenvalue weighted by atomic mass is 32.2. The predicted molar refractivity (Wildman–Crippen MR) is 106 cm³/mol. The lowest BCUT2D eigenvalue weighted by Gasteiger charge is -2.08. The van der Waals surface area contributed by atoms with E-state index in [2.05, 4.69) is 10.3 Å². The summed E-state index contributed by atoms with van der Waals surface area (Å²) in [4.78, 5) is 0.0799. The molecule has 6 nitrogen and oxygen atoms in total. The van der Waals surface area contributed by atoms with Crippen molar-refractivity contribution >= 4 is 21.3 Å². The summed E-state index contributed by atoms with van der Waals surface area (Å²) in [5, 5.41) is 8.65. The quantitative estimate of drug-likeness (QED) is 0.469. The summed E-state index contributed by atoms with van der Waals surface area (Å²) < 4.78 is 31.8. The predicted octanol–water partition coefficient (Wildman–Crippen LogP) is 4.29. The van der Waals surface area contributed by atoms with Crippen LogP contribution in [-0.4, -0.2) is 23.7 Å². The van der Waals surface area contributed by atoms with Gasteiger partial charge in [-0.1, -0.05) is 49.7 Å². The fourth-order valence-electron chi connectivity index (χ4n) is 2.85. The minimum atomic E-state index is -3.97. The van der Waals surface area contributed by atoms with E-state index in [4.69, 9.17) is 4.28 Å². The van der Waals surface area contributed by atoms with Gasteiger partial charge in [0, 0.05) is 11.8 Å². The van der Waals surface area contributed by atoms with Crippen LogP contribution >= 0.6 is 0 Å². The number of aromatic nitrogens is 2. The van der Waals surface area contributed by atoms with E-state index in [9.17, 15) is 8.42 Å². The molecular formula is C20H23N3O3S. The van der Waals surface area contributed by atoms with Gasteiger partial charge in [0.25, 0.3) is 0 Å². The van der Waals surface area contributed by atoms with Gasteiger partial charge in [-0.2, -0.15) is 13.5 Å². The molecule has 3 aromatic rings. The summed E-state index contributed by atoms with van der Waals surface area (Å²) >= 11 is 0. The first-order chi connectivity index (χ1) is 12.8. The molecule has 0 aliphatic rings. The smallest absolute Gasteiger partial charge is 0.264 e. The van der Waals surface area contributed by atoms with Crippen molar-refractivity contribution in [3.05, 3.63) is 65.5 Å². The van der Waals surface area contributed by atoms with E-state index in [0.29, 0.717) is 12.1 Å². The van der Waals surface area contributed by atoms with Gasteiger partial charge in [-0.05, 0) is 43.5 Å². The Labute approximate surface area is 159 Å². The first-order valence-electron chi connectivity index (χ1n) is 8.88. The second-order valence-electron chi connectivity index (χ2n) is 6.68. The highest BCUT2D eigenvalue weighted by Crippen LogP contribution is 2.25. The van der Waals surface area contributed by atoms with Gasteiger partial charge in [-0.3, -0.25) is 4.28 Å². The van der Waals surface area contributed by atoms with Gasteiger partial charge in [0.05, 0.1) is 16.9 Å². The largest absolute Gasteiger partial charge is 0.358 e. The molecule has 3 rings (SSSR count). The molecule has 0 unspecified atom stereocenters. The number of rotatable bonds is 6. The number of pyridine rings is 1. The van der Waals surface area contributed by atoms with Crippen molar-refractivity contribution in [1.29, 1.82) is 0 Å². The zero-order chi connectivity index (χ0) is 19.6. The van der Waals surface area contributed by atoms with Gasteiger partial charge in [0.2, 0.25) is 0 Å². The molecule has 0 atom stereocenters. The molecular weight excluding hydrogens is 362 g/mol. The van der Waals surface area contributed by atoms with Gasteiger partial charge in [-0.15, -0.1) is 0 Å². The van der Waals surface area contributed by atoms with E-state index in [-0.39, 0.29) is 10.8 Å². The highest BCUT2D eigenvalue weighted by molar-refractivity contribution is 7.86. The van der Waals surface area contributed by atoms with E-state index in [0.717, 1.165) is 22.3 Å². The number of hydrogen-bond donors (Lipinski definition) is 0. The monoisotopic (exact) mass is 385 g/mol. The summed E-state index contributed by atoms with van der Waals surface area (Å²) in [6.07, 6.45) is 2.38. The molecule has 0 radical (unpaired) electrons. The Hall–Kier alpha value is -2.67. The Kier molecular flexibility index (Phi) is 5.32. The first-order valence-corrected chi connectivity index (χ1v) is 10.3. The van der Waals surface area contributed by atoms with Gasteiger partial charge in [0.1, 0.15) is 4.90 Å². The van der Waals surface area contributed by atoms with Crippen LogP contribution in [0.3, 0.4) is 0 Å². The minimum absolute atomic E-state index is 0.0799. The van der Waals surface area contributed by atoms with Crippen molar-refractivity contribution < 1.29 is 12.7 Å². The maximum atomic E-state index is 12.5. The molecule has 0 amide bonds. The van der Waals surface area contributed by atoms with Crippen LogP contribution in [-0.2, 0) is 14.4 Å². The summed E-state index contributed by atoms with van der Waals surface area (Å²) in [5.74, 6) is 0.158. The normalized spacial score (nSPS) is 12.7. The maximum absolute atomic E-state index is 12.5. The Bertz CT molecular complexity index is 1080. The van der Waals surface area contributed by atoms with Crippen LogP contribution < -0.4 is 0 Å². The van der Waals surface area contributed by atoms with Gasteiger partial charge >= 0.3 is 10.1 Å². The van der Waals surface area contributed by atoms with E-state index >= 15 is 0 Å². The van der Waals surface area contributed by atoms with E-state index in [1.165, 1.54) is 12.1 Å². The molecule has 142 valence electrons. The number of fused-ring (bicyclic) bond motifs is 1. The number of nitrogens with zero attached hydrogens (tertiary/aromatic N) is 3. The number of benzene rings is 1. The molecule has 0 fully saturated rings. The number of oxime groups is 1. The SMILES string of the molecule is CC/C(=N/OS(=O)(=O)c1ccc(C)cc1)c1c(C(C)C)nn2ccccc12. The van der Waals surface area contributed by atoms with Crippen molar-refractivity contribution in [2.24, 2.45) is 5.16 Å². The van der Waals surface area contributed by atoms with E-state index < -0.39 is 10.1 Å². The number of aryl methyl sites for hydroxylation is 1. The average Bonchev–Trinajstić information content (AvgIpc) is 3.03. The van der Waals surface area contributed by atoms with Crippen LogP contribution in [0, 0.1) is 6.92 Å². The molecule has 1 aromatic carbocycles. The van der Waals surface area contributed by atoms with Crippen LogP contribution in [0.2, 0.25) is 0 Å². The molecule has 0 aliphatic heterocycles. The molecule has 27 heavy (non-hydrogen) atoms. The lowest BCUT2D eigenvalue weighted by molar-refractivity contribution is 0.338. The van der Waals surface area contributed by atoms with Crippen molar-refractivity contribution in [2.75, 3.05) is 0 Å². The summed E-state index contributed by atoms with van der Waals surface area (Å²) in [5.41, 5.74) is 4.08. The lowest BCUT2D eigenvalue weighted by atomic mass is 10.00. The molecule has 2 aromatic heterocycles. The van der Waals surface area contributed by atoms with Crippen molar-refractivity contribution in [1.82, 2.24) is 9.61 Å². The maximum Gasteiger partial charge on any atom is 0.358 e. The molecule has 0 spiro atoms. The molecule has 0 N–H and O–H groups in total. The van der Waals surface area contributed by atoms with Gasteiger partial charge < -0.3 is 0 Å². The summed E-state index contributed by atoms with van der Waals surface area (Å²) in [6.45, 7) is 7.89. The molecule has 2 heterocycles. The Morgan fingerprint density at radius 2 is 1.89 bits per heavy atom. The molecule has 0 bridgehead atoms. The molecule has 0 saturated heterocycles. The Morgan fingerprint density at radius 1 is 1.19 bits per heavy atom. The molecule has 0 saturated carbocycles. The summed E-state index contributed by atoms with van der Waals surface area (Å²) in [7, 11) is -3.97. The van der Waals surface area contributed by atoms with Crippen LogP contribution in [0.1, 0.15) is 49.9 Å². The zero-order valence-electron chi connectivity index (χ0n) is 15.9. The standard InChI is InChI=1S/C20H23N3O3S/c1-5-17(22-26-27(24,25)16-11-9-15(4)10-12-16)19-18-8-6-7-13-23(18)21-20(19)14(2)3/h6-14H,5H2,1-4H3/b22-17-. The zero-order valence-corrected chi connectivity index (χ0v) is 16.7. The van der Waals surface area contributed by atoms with E-state index in [1.807, 2.05) is 52.1 Å². The Balaban J connectivity index is 2.03.